The first-order valence-electron chi connectivity index (χ1n) is 5.04. The predicted molar refractivity (Wildman–Crippen MR) is 58.3 cm³/mol. The lowest BCUT2D eigenvalue weighted by molar-refractivity contribution is 0.123. The van der Waals surface area contributed by atoms with Gasteiger partial charge < -0.3 is 14.4 Å². The van der Waals surface area contributed by atoms with Crippen LogP contribution in [0.5, 0.6) is 0 Å². The van der Waals surface area contributed by atoms with E-state index in [9.17, 15) is 4.79 Å². The molecule has 90 valence electrons. The molecule has 1 aromatic rings. The van der Waals surface area contributed by atoms with Crippen molar-refractivity contribution in [2.45, 2.75) is 0 Å². The molecule has 6 heteroatoms. The van der Waals surface area contributed by atoms with Crippen LogP contribution in [0.4, 0.5) is 4.79 Å². The lowest BCUT2D eigenvalue weighted by atomic mass is 10.5. The zero-order valence-corrected chi connectivity index (χ0v) is 9.63. The van der Waals surface area contributed by atoms with Gasteiger partial charge in [-0.1, -0.05) is 0 Å². The van der Waals surface area contributed by atoms with E-state index < -0.39 is 0 Å². The van der Waals surface area contributed by atoms with Crippen LogP contribution >= 0.6 is 0 Å². The van der Waals surface area contributed by atoms with E-state index >= 15 is 0 Å². The van der Waals surface area contributed by atoms with Gasteiger partial charge in [-0.25, -0.2) is 9.78 Å². The number of ether oxygens (including phenoxy) is 2. The van der Waals surface area contributed by atoms with Crippen molar-refractivity contribution < 1.29 is 14.3 Å². The SMILES string of the molecule is COCCN(CCOC)C(=O)n1ccnc1. The van der Waals surface area contributed by atoms with Crippen LogP contribution in [0.25, 0.3) is 0 Å². The molecule has 16 heavy (non-hydrogen) atoms. The highest BCUT2D eigenvalue weighted by atomic mass is 16.5. The van der Waals surface area contributed by atoms with Crippen LogP contribution in [-0.4, -0.2) is 61.0 Å². The molecular formula is C10H17N3O3. The quantitative estimate of drug-likeness (QED) is 0.708. The van der Waals surface area contributed by atoms with Crippen molar-refractivity contribution >= 4 is 6.03 Å². The monoisotopic (exact) mass is 227 g/mol. The Kier molecular flexibility index (Phi) is 5.52. The molecule has 1 amide bonds. The van der Waals surface area contributed by atoms with Crippen molar-refractivity contribution in [2.75, 3.05) is 40.5 Å². The fraction of sp³-hybridized carbons (Fsp3) is 0.600. The fourth-order valence-corrected chi connectivity index (χ4v) is 1.24. The summed E-state index contributed by atoms with van der Waals surface area (Å²) in [5, 5.41) is 0. The maximum Gasteiger partial charge on any atom is 0.329 e. The number of aromatic nitrogens is 2. The third-order valence-corrected chi connectivity index (χ3v) is 2.13. The van der Waals surface area contributed by atoms with Gasteiger partial charge in [0.2, 0.25) is 0 Å². The van der Waals surface area contributed by atoms with Gasteiger partial charge in [-0.2, -0.15) is 0 Å². The lowest BCUT2D eigenvalue weighted by Crippen LogP contribution is -2.38. The maximum absolute atomic E-state index is 12.0. The van der Waals surface area contributed by atoms with E-state index in [-0.39, 0.29) is 6.03 Å². The van der Waals surface area contributed by atoms with Gasteiger partial charge in [0.1, 0.15) is 6.33 Å². The first-order chi connectivity index (χ1) is 7.79. The van der Waals surface area contributed by atoms with E-state index in [1.54, 1.807) is 31.5 Å². The number of carbonyl (C=O) groups excluding carboxylic acids is 1. The van der Waals surface area contributed by atoms with Gasteiger partial charge >= 0.3 is 6.03 Å². The van der Waals surface area contributed by atoms with Crippen molar-refractivity contribution in [1.29, 1.82) is 0 Å². The smallest absolute Gasteiger partial charge is 0.329 e. The van der Waals surface area contributed by atoms with Gasteiger partial charge in [0.05, 0.1) is 13.2 Å². The molecule has 1 aromatic heterocycles. The van der Waals surface area contributed by atoms with Crippen molar-refractivity contribution in [3.8, 4) is 0 Å². The Morgan fingerprint density at radius 2 is 1.94 bits per heavy atom. The fourth-order valence-electron chi connectivity index (χ4n) is 1.24. The molecule has 0 aromatic carbocycles. The number of hydrogen-bond acceptors (Lipinski definition) is 4. The Hall–Kier alpha value is -1.40. The number of methoxy groups -OCH3 is 2. The molecule has 0 saturated carbocycles. The van der Waals surface area contributed by atoms with E-state index in [1.807, 2.05) is 0 Å². The number of nitrogens with zero attached hydrogens (tertiary/aromatic N) is 3. The lowest BCUT2D eigenvalue weighted by Gasteiger charge is -2.21. The maximum atomic E-state index is 12.0. The van der Waals surface area contributed by atoms with Crippen molar-refractivity contribution in [2.24, 2.45) is 0 Å². The van der Waals surface area contributed by atoms with E-state index in [1.165, 1.54) is 10.9 Å². The minimum atomic E-state index is -0.119. The van der Waals surface area contributed by atoms with Crippen LogP contribution in [0.3, 0.4) is 0 Å². The number of amides is 1. The van der Waals surface area contributed by atoms with Gasteiger partial charge in [0.25, 0.3) is 0 Å². The molecule has 0 aliphatic rings. The second-order valence-corrected chi connectivity index (χ2v) is 3.23. The van der Waals surface area contributed by atoms with E-state index in [0.717, 1.165) is 0 Å². The summed E-state index contributed by atoms with van der Waals surface area (Å²) < 4.78 is 11.4. The molecular weight excluding hydrogens is 210 g/mol. The Bertz CT molecular complexity index is 292. The standard InChI is InChI=1S/C10H17N3O3/c1-15-7-5-12(6-8-16-2)10(14)13-4-3-11-9-13/h3-4,9H,5-8H2,1-2H3. The molecule has 0 bridgehead atoms. The van der Waals surface area contributed by atoms with Crippen LogP contribution in [-0.2, 0) is 9.47 Å². The molecule has 1 rings (SSSR count). The van der Waals surface area contributed by atoms with Gasteiger partial charge in [-0.3, -0.25) is 4.57 Å². The first-order valence-corrected chi connectivity index (χ1v) is 5.04. The van der Waals surface area contributed by atoms with Crippen LogP contribution in [0, 0.1) is 0 Å². The topological polar surface area (TPSA) is 56.6 Å². The highest BCUT2D eigenvalue weighted by molar-refractivity contribution is 5.76. The van der Waals surface area contributed by atoms with Crippen LogP contribution < -0.4 is 0 Å². The van der Waals surface area contributed by atoms with Crippen LogP contribution in [0.1, 0.15) is 0 Å². The summed E-state index contributed by atoms with van der Waals surface area (Å²) in [6, 6.07) is -0.119. The second kappa shape index (κ2) is 6.97. The number of carbonyl (C=O) groups is 1. The Labute approximate surface area is 94.8 Å². The Morgan fingerprint density at radius 1 is 1.31 bits per heavy atom. The molecule has 0 aliphatic heterocycles. The molecule has 1 heterocycles. The summed E-state index contributed by atoms with van der Waals surface area (Å²) in [4.78, 5) is 17.5. The third kappa shape index (κ3) is 3.63. The highest BCUT2D eigenvalue weighted by Gasteiger charge is 2.14. The largest absolute Gasteiger partial charge is 0.383 e. The van der Waals surface area contributed by atoms with Crippen molar-refractivity contribution in [1.82, 2.24) is 14.5 Å². The molecule has 0 saturated heterocycles. The van der Waals surface area contributed by atoms with E-state index in [0.29, 0.717) is 26.3 Å². The second-order valence-electron chi connectivity index (χ2n) is 3.23. The van der Waals surface area contributed by atoms with E-state index in [4.69, 9.17) is 9.47 Å². The minimum absolute atomic E-state index is 0.119. The van der Waals surface area contributed by atoms with Gasteiger partial charge in [-0.15, -0.1) is 0 Å². The normalized spacial score (nSPS) is 10.4. The van der Waals surface area contributed by atoms with Gasteiger partial charge in [0, 0.05) is 39.7 Å². The molecule has 0 atom stereocenters. The number of hydrogen-bond donors (Lipinski definition) is 0. The molecule has 6 nitrogen and oxygen atoms in total. The summed E-state index contributed by atoms with van der Waals surface area (Å²) in [7, 11) is 3.21. The predicted octanol–water partition coefficient (Wildman–Crippen LogP) is 0.446. The van der Waals surface area contributed by atoms with Crippen molar-refractivity contribution in [3.05, 3.63) is 18.7 Å². The van der Waals surface area contributed by atoms with Crippen LogP contribution in [0.2, 0.25) is 0 Å². The zero-order chi connectivity index (χ0) is 11.8. The summed E-state index contributed by atoms with van der Waals surface area (Å²) in [5.41, 5.74) is 0. The van der Waals surface area contributed by atoms with E-state index in [2.05, 4.69) is 4.98 Å². The summed E-state index contributed by atoms with van der Waals surface area (Å²) in [5.74, 6) is 0. The molecule has 0 aliphatic carbocycles. The molecule has 0 fully saturated rings. The van der Waals surface area contributed by atoms with Crippen molar-refractivity contribution in [3.63, 3.8) is 0 Å². The average molecular weight is 227 g/mol. The number of imidazole rings is 1. The molecule has 0 spiro atoms. The minimum Gasteiger partial charge on any atom is -0.383 e. The summed E-state index contributed by atoms with van der Waals surface area (Å²) >= 11 is 0. The van der Waals surface area contributed by atoms with Gasteiger partial charge in [-0.05, 0) is 0 Å². The highest BCUT2D eigenvalue weighted by Crippen LogP contribution is 1.96. The number of rotatable bonds is 6. The molecule has 0 unspecified atom stereocenters. The Morgan fingerprint density at radius 3 is 2.38 bits per heavy atom. The zero-order valence-electron chi connectivity index (χ0n) is 9.63. The van der Waals surface area contributed by atoms with Crippen LogP contribution in [0.15, 0.2) is 18.7 Å². The molecule has 0 N–H and O–H groups in total. The van der Waals surface area contributed by atoms with Gasteiger partial charge in [0.15, 0.2) is 0 Å². The Balaban J connectivity index is 2.56. The first kappa shape index (κ1) is 12.7. The summed E-state index contributed by atoms with van der Waals surface area (Å²) in [6.45, 7) is 2.09. The average Bonchev–Trinajstić information content (AvgIpc) is 2.82. The molecule has 0 radical (unpaired) electrons. The third-order valence-electron chi connectivity index (χ3n) is 2.13. The summed E-state index contributed by atoms with van der Waals surface area (Å²) in [6.07, 6.45) is 4.67.